The maximum atomic E-state index is 13.5. The van der Waals surface area contributed by atoms with Crippen LogP contribution < -0.4 is 35.6 Å². The number of carbonyl (C=O) groups is 2. The van der Waals surface area contributed by atoms with Crippen molar-refractivity contribution in [3.8, 4) is 28.4 Å². The fourth-order valence-electron chi connectivity index (χ4n) is 5.62. The second kappa shape index (κ2) is 14.4. The summed E-state index contributed by atoms with van der Waals surface area (Å²) in [5, 5.41) is 9.06. The summed E-state index contributed by atoms with van der Waals surface area (Å²) < 4.78 is 22.4. The van der Waals surface area contributed by atoms with Crippen LogP contribution in [0.2, 0.25) is 0 Å². The molecule has 1 saturated heterocycles. The zero-order chi connectivity index (χ0) is 30.2. The summed E-state index contributed by atoms with van der Waals surface area (Å²) in [5.74, 6) is 1.06. The number of hydrogen-bond donors (Lipinski definition) is 3. The molecule has 1 aliphatic carbocycles. The van der Waals surface area contributed by atoms with Crippen molar-refractivity contribution in [1.82, 2.24) is 15.5 Å². The first kappa shape index (κ1) is 31.1. The Morgan fingerprint density at radius 2 is 1.81 bits per heavy atom. The summed E-state index contributed by atoms with van der Waals surface area (Å²) in [7, 11) is 4.67. The monoisotopic (exact) mass is 582 g/mol. The molecule has 1 heterocycles. The van der Waals surface area contributed by atoms with E-state index in [4.69, 9.17) is 18.9 Å². The molecule has 0 aromatic heterocycles. The molecule has 0 radical (unpaired) electrons. The number of ether oxygens (including phenoxy) is 4. The number of aryl methyl sites for hydroxylation is 1. The van der Waals surface area contributed by atoms with E-state index in [-0.39, 0.29) is 22.9 Å². The van der Waals surface area contributed by atoms with Gasteiger partial charge in [0.05, 0.1) is 46.3 Å². The summed E-state index contributed by atoms with van der Waals surface area (Å²) in [6, 6.07) is 5.91. The lowest BCUT2D eigenvalue weighted by Gasteiger charge is -2.26. The van der Waals surface area contributed by atoms with Gasteiger partial charge in [-0.25, -0.2) is 0 Å². The minimum Gasteiger partial charge on any atom is -0.493 e. The van der Waals surface area contributed by atoms with Crippen LogP contribution in [0.3, 0.4) is 0 Å². The Kier molecular flexibility index (Phi) is 10.6. The van der Waals surface area contributed by atoms with Crippen LogP contribution in [0.4, 0.5) is 5.69 Å². The number of rotatable bonds is 11. The third-order valence-corrected chi connectivity index (χ3v) is 7.74. The van der Waals surface area contributed by atoms with Gasteiger partial charge in [0.2, 0.25) is 23.0 Å². The first-order chi connectivity index (χ1) is 20.3. The van der Waals surface area contributed by atoms with Crippen molar-refractivity contribution >= 4 is 17.5 Å². The molecule has 42 heavy (non-hydrogen) atoms. The molecule has 11 nitrogen and oxygen atoms in total. The molecule has 2 aliphatic rings. The number of amides is 2. The summed E-state index contributed by atoms with van der Waals surface area (Å²) in [5.41, 5.74) is 3.09. The van der Waals surface area contributed by atoms with Gasteiger partial charge in [-0.05, 0) is 67.6 Å². The molecule has 1 aliphatic heterocycles. The molecule has 0 bridgehead atoms. The number of carbonyl (C=O) groups excluding carboxylic acids is 2. The average molecular weight is 583 g/mol. The summed E-state index contributed by atoms with van der Waals surface area (Å²) in [4.78, 5) is 40.8. The van der Waals surface area contributed by atoms with E-state index in [9.17, 15) is 14.4 Å². The molecule has 2 aromatic carbocycles. The van der Waals surface area contributed by atoms with E-state index >= 15 is 0 Å². The smallest absolute Gasteiger partial charge is 0.242 e. The third-order valence-electron chi connectivity index (χ3n) is 7.74. The largest absolute Gasteiger partial charge is 0.493 e. The van der Waals surface area contributed by atoms with E-state index < -0.39 is 12.1 Å². The van der Waals surface area contributed by atoms with E-state index in [2.05, 4.69) is 20.9 Å². The molecule has 2 amide bonds. The SMILES string of the molecule is COc1cc2c(c(OC)c1OC)-c1ccc(NC(C)C(=O)NCCCN3CCOCC3)c(=O)cc1C(NC(C)=O)CC2. The summed E-state index contributed by atoms with van der Waals surface area (Å²) >= 11 is 0. The van der Waals surface area contributed by atoms with Gasteiger partial charge in [0.25, 0.3) is 0 Å². The Labute approximate surface area is 246 Å². The van der Waals surface area contributed by atoms with Crippen molar-refractivity contribution in [3.05, 3.63) is 45.6 Å². The van der Waals surface area contributed by atoms with Gasteiger partial charge in [0, 0.05) is 32.1 Å². The Morgan fingerprint density at radius 3 is 2.48 bits per heavy atom. The Morgan fingerprint density at radius 1 is 1.07 bits per heavy atom. The molecule has 2 aromatic rings. The standard InChI is InChI=1S/C31H42N4O7/c1-19(31(38)32-11-6-12-35-13-15-42-16-14-35)33-25-10-8-22-23(18-26(25)37)24(34-20(2)36)9-7-21-17-27(39-3)29(40-4)30(41-5)28(21)22/h8,10,17-19,24H,6-7,9,11-16H2,1-5H3,(H,32,38)(H,33,37)(H,34,36). The van der Waals surface area contributed by atoms with Gasteiger partial charge in [-0.1, -0.05) is 6.07 Å². The van der Waals surface area contributed by atoms with E-state index in [1.54, 1.807) is 34.3 Å². The van der Waals surface area contributed by atoms with Crippen LogP contribution >= 0.6 is 0 Å². The van der Waals surface area contributed by atoms with Gasteiger partial charge < -0.3 is 34.9 Å². The van der Waals surface area contributed by atoms with E-state index in [0.29, 0.717) is 42.2 Å². The number of nitrogens with zero attached hydrogens (tertiary/aromatic N) is 1. The normalized spacial score (nSPS) is 17.1. The van der Waals surface area contributed by atoms with Gasteiger partial charge in [0.1, 0.15) is 6.04 Å². The topological polar surface area (TPSA) is 127 Å². The molecule has 4 rings (SSSR count). The highest BCUT2D eigenvalue weighted by Crippen LogP contribution is 2.50. The zero-order valence-electron chi connectivity index (χ0n) is 25.1. The highest BCUT2D eigenvalue weighted by atomic mass is 16.5. The van der Waals surface area contributed by atoms with Crippen molar-refractivity contribution in [2.75, 3.05) is 66.0 Å². The minimum absolute atomic E-state index is 0.190. The lowest BCUT2D eigenvalue weighted by Crippen LogP contribution is -2.41. The predicted molar refractivity (Wildman–Crippen MR) is 161 cm³/mol. The second-order valence-electron chi connectivity index (χ2n) is 10.6. The molecule has 0 spiro atoms. The quantitative estimate of drug-likeness (QED) is 0.343. The van der Waals surface area contributed by atoms with E-state index in [0.717, 1.165) is 56.0 Å². The zero-order valence-corrected chi connectivity index (χ0v) is 25.1. The predicted octanol–water partition coefficient (Wildman–Crippen LogP) is 2.50. The van der Waals surface area contributed by atoms with E-state index in [1.807, 2.05) is 12.1 Å². The maximum absolute atomic E-state index is 13.5. The van der Waals surface area contributed by atoms with Crippen LogP contribution in [0.25, 0.3) is 11.1 Å². The van der Waals surface area contributed by atoms with Crippen molar-refractivity contribution in [1.29, 1.82) is 0 Å². The fourth-order valence-corrected chi connectivity index (χ4v) is 5.62. The van der Waals surface area contributed by atoms with Crippen LogP contribution in [-0.4, -0.2) is 83.5 Å². The van der Waals surface area contributed by atoms with Crippen LogP contribution in [0.15, 0.2) is 29.1 Å². The van der Waals surface area contributed by atoms with Crippen LogP contribution in [0.5, 0.6) is 17.2 Å². The minimum atomic E-state index is -0.638. The Balaban J connectivity index is 1.62. The number of hydrogen-bond acceptors (Lipinski definition) is 9. The number of morpholine rings is 1. The molecule has 1 fully saturated rings. The maximum Gasteiger partial charge on any atom is 0.242 e. The lowest BCUT2D eigenvalue weighted by molar-refractivity contribution is -0.121. The van der Waals surface area contributed by atoms with Gasteiger partial charge in [-0.2, -0.15) is 0 Å². The first-order valence-corrected chi connectivity index (χ1v) is 14.4. The van der Waals surface area contributed by atoms with Gasteiger partial charge in [-0.3, -0.25) is 19.3 Å². The van der Waals surface area contributed by atoms with E-state index in [1.165, 1.54) is 13.0 Å². The summed E-state index contributed by atoms with van der Waals surface area (Å²) in [6.07, 6.45) is 2.00. The molecule has 3 N–H and O–H groups in total. The van der Waals surface area contributed by atoms with Crippen molar-refractivity contribution in [3.63, 3.8) is 0 Å². The number of methoxy groups -OCH3 is 3. The van der Waals surface area contributed by atoms with Crippen molar-refractivity contribution in [2.45, 2.75) is 45.2 Å². The van der Waals surface area contributed by atoms with Gasteiger partial charge in [-0.15, -0.1) is 0 Å². The first-order valence-electron chi connectivity index (χ1n) is 14.4. The molecule has 2 atom stereocenters. The van der Waals surface area contributed by atoms with Crippen LogP contribution in [0.1, 0.15) is 43.9 Å². The third kappa shape index (κ3) is 7.14. The molecular formula is C31H42N4O7. The van der Waals surface area contributed by atoms with Crippen molar-refractivity contribution < 1.29 is 28.5 Å². The Bertz CT molecular complexity index is 1340. The molecule has 2 unspecified atom stereocenters. The van der Waals surface area contributed by atoms with Crippen LogP contribution in [-0.2, 0) is 20.7 Å². The molecular weight excluding hydrogens is 540 g/mol. The number of anilines is 1. The molecule has 11 heteroatoms. The summed E-state index contributed by atoms with van der Waals surface area (Å²) in [6.45, 7) is 7.93. The number of nitrogens with one attached hydrogen (secondary N) is 3. The van der Waals surface area contributed by atoms with Gasteiger partial charge >= 0.3 is 0 Å². The molecule has 0 saturated carbocycles. The second-order valence-corrected chi connectivity index (χ2v) is 10.6. The average Bonchev–Trinajstić information content (AvgIpc) is 3.23. The van der Waals surface area contributed by atoms with Gasteiger partial charge in [0.15, 0.2) is 11.5 Å². The Hall–Kier alpha value is -3.83. The number of fused-ring (bicyclic) bond motifs is 3. The highest BCUT2D eigenvalue weighted by Gasteiger charge is 2.29. The lowest BCUT2D eigenvalue weighted by atomic mass is 9.95. The van der Waals surface area contributed by atoms with Crippen molar-refractivity contribution in [2.24, 2.45) is 0 Å². The fraction of sp³-hybridized carbons (Fsp3) is 0.516. The highest BCUT2D eigenvalue weighted by molar-refractivity contribution is 5.85. The number of benzene rings is 1. The molecule has 228 valence electrons. The van der Waals surface area contributed by atoms with Crippen LogP contribution in [0, 0.1) is 0 Å².